The molecule has 4 aromatic rings. The van der Waals surface area contributed by atoms with Gasteiger partial charge in [0.15, 0.2) is 17.3 Å². The summed E-state index contributed by atoms with van der Waals surface area (Å²) in [5, 5.41) is -0.353. The predicted molar refractivity (Wildman–Crippen MR) is 161 cm³/mol. The highest BCUT2D eigenvalue weighted by atomic mass is 32.2. The lowest BCUT2D eigenvalue weighted by atomic mass is 10.0. The summed E-state index contributed by atoms with van der Waals surface area (Å²) in [6, 6.07) is 17.4. The number of hydrogen-bond donors (Lipinski definition) is 0. The van der Waals surface area contributed by atoms with Crippen molar-refractivity contribution in [1.82, 2.24) is 19.4 Å². The van der Waals surface area contributed by atoms with E-state index in [4.69, 9.17) is 14.2 Å². The summed E-state index contributed by atoms with van der Waals surface area (Å²) < 4.78 is 60.1. The van der Waals surface area contributed by atoms with Gasteiger partial charge in [0.2, 0.25) is 21.8 Å². The summed E-state index contributed by atoms with van der Waals surface area (Å²) in [7, 11) is -1.88. The van der Waals surface area contributed by atoms with Gasteiger partial charge in [0, 0.05) is 36.5 Å². The van der Waals surface area contributed by atoms with Gasteiger partial charge in [-0.3, -0.25) is 4.79 Å². The van der Waals surface area contributed by atoms with Crippen molar-refractivity contribution in [2.75, 3.05) is 39.3 Å². The van der Waals surface area contributed by atoms with E-state index in [2.05, 4.69) is 21.9 Å². The number of sulfone groups is 1. The Morgan fingerprint density at radius 1 is 1.05 bits per heavy atom. The number of aromatic nitrogens is 3. The Morgan fingerprint density at radius 3 is 2.59 bits per heavy atom. The number of ether oxygens (including phenoxy) is 3. The molecule has 1 fully saturated rings. The molecule has 1 saturated heterocycles. The van der Waals surface area contributed by atoms with E-state index < -0.39 is 27.3 Å². The second-order valence-electron chi connectivity index (χ2n) is 11.3. The van der Waals surface area contributed by atoms with Crippen LogP contribution >= 0.6 is 0 Å². The highest BCUT2D eigenvalue weighted by molar-refractivity contribution is 7.91. The molecule has 2 aromatic heterocycles. The Kier molecular flexibility index (Phi) is 8.48. The number of nitrogens with zero attached hydrogens (tertiary/aromatic N) is 4. The molecular formula is C32H33FN4O6S. The van der Waals surface area contributed by atoms with Gasteiger partial charge in [-0.05, 0) is 55.8 Å². The molecule has 44 heavy (non-hydrogen) atoms. The minimum Gasteiger partial charge on any atom is -0.454 e. The first-order chi connectivity index (χ1) is 21.1. The topological polar surface area (TPSA) is 113 Å². The standard InChI is InChI=1S/C32H33FN4O6S/c1-21-12-27(25-14-26(33)31(38)37(18-25)17-22-8-9-29-30(13-22)43-20-42-29)35-32(34-21)44(39,40)11-10-28(24-6-4-3-5-7-24)41-19-23-15-36(2)16-23/h3-9,12-14,18,23,28H,10-11,15-17,19-20H2,1-2H3. The molecule has 0 N–H and O–H groups in total. The van der Waals surface area contributed by atoms with Crippen LogP contribution in [0.15, 0.2) is 76.8 Å². The van der Waals surface area contributed by atoms with Gasteiger partial charge in [0.25, 0.3) is 5.56 Å². The molecule has 0 radical (unpaired) electrons. The van der Waals surface area contributed by atoms with Crippen LogP contribution in [0.4, 0.5) is 4.39 Å². The highest BCUT2D eigenvalue weighted by Gasteiger charge is 2.27. The van der Waals surface area contributed by atoms with Gasteiger partial charge >= 0.3 is 0 Å². The van der Waals surface area contributed by atoms with Gasteiger partial charge in [0.1, 0.15) is 0 Å². The van der Waals surface area contributed by atoms with E-state index in [1.54, 1.807) is 31.2 Å². The minimum absolute atomic E-state index is 0.0630. The third kappa shape index (κ3) is 6.67. The van der Waals surface area contributed by atoms with Crippen molar-refractivity contribution in [3.05, 3.63) is 99.9 Å². The van der Waals surface area contributed by atoms with Crippen LogP contribution in [0.3, 0.4) is 0 Å². The summed E-state index contributed by atoms with van der Waals surface area (Å²) in [6.45, 7) is 4.26. The smallest absolute Gasteiger partial charge is 0.286 e. The van der Waals surface area contributed by atoms with Crippen molar-refractivity contribution < 1.29 is 27.0 Å². The van der Waals surface area contributed by atoms with E-state index in [-0.39, 0.29) is 41.9 Å². The number of fused-ring (bicyclic) bond motifs is 1. The van der Waals surface area contributed by atoms with Crippen molar-refractivity contribution in [3.63, 3.8) is 0 Å². The van der Waals surface area contributed by atoms with Crippen molar-refractivity contribution >= 4 is 9.84 Å². The molecule has 1 unspecified atom stereocenters. The molecule has 230 valence electrons. The number of rotatable bonds is 11. The van der Waals surface area contributed by atoms with E-state index >= 15 is 0 Å². The molecule has 6 rings (SSSR count). The maximum absolute atomic E-state index is 14.9. The zero-order valence-electron chi connectivity index (χ0n) is 24.5. The molecule has 2 aliphatic rings. The fourth-order valence-corrected chi connectivity index (χ4v) is 6.70. The number of hydrogen-bond acceptors (Lipinski definition) is 9. The Labute approximate surface area is 255 Å². The summed E-state index contributed by atoms with van der Waals surface area (Å²) in [4.78, 5) is 23.4. The first-order valence-electron chi connectivity index (χ1n) is 14.4. The molecule has 2 aliphatic heterocycles. The van der Waals surface area contributed by atoms with Gasteiger partial charge in [-0.1, -0.05) is 36.4 Å². The van der Waals surface area contributed by atoms with E-state index in [0.717, 1.165) is 24.7 Å². The Hall–Kier alpha value is -4.13. The molecule has 0 spiro atoms. The Bertz CT molecular complexity index is 1830. The third-order valence-corrected chi connectivity index (χ3v) is 9.24. The molecule has 0 amide bonds. The van der Waals surface area contributed by atoms with Crippen LogP contribution in [-0.2, 0) is 21.1 Å². The van der Waals surface area contributed by atoms with Crippen molar-refractivity contribution in [3.8, 4) is 22.8 Å². The summed E-state index contributed by atoms with van der Waals surface area (Å²) in [6.07, 6.45) is 1.28. The second kappa shape index (κ2) is 12.5. The van der Waals surface area contributed by atoms with Crippen molar-refractivity contribution in [2.24, 2.45) is 5.92 Å². The SMILES string of the molecule is Cc1cc(-c2cc(F)c(=O)n(Cc3ccc4c(c3)OCO4)c2)nc(S(=O)(=O)CCC(OCC2CN(C)C2)c2ccccc2)n1. The van der Waals surface area contributed by atoms with Crippen LogP contribution in [0.1, 0.15) is 29.3 Å². The van der Waals surface area contributed by atoms with Crippen LogP contribution in [0, 0.1) is 18.7 Å². The number of benzene rings is 2. The number of pyridine rings is 1. The number of likely N-dealkylation sites (tertiary alicyclic amines) is 1. The quantitative estimate of drug-likeness (QED) is 0.230. The molecule has 1 atom stereocenters. The lowest BCUT2D eigenvalue weighted by molar-refractivity contribution is -0.0161. The second-order valence-corrected chi connectivity index (χ2v) is 13.3. The van der Waals surface area contributed by atoms with E-state index in [1.165, 1.54) is 10.8 Å². The van der Waals surface area contributed by atoms with Crippen LogP contribution in [0.2, 0.25) is 0 Å². The fraction of sp³-hybridized carbons (Fsp3) is 0.344. The Balaban J connectivity index is 1.23. The number of aryl methyl sites for hydroxylation is 1. The van der Waals surface area contributed by atoms with Gasteiger partial charge in [-0.2, -0.15) is 0 Å². The molecule has 12 heteroatoms. The molecule has 0 saturated carbocycles. The van der Waals surface area contributed by atoms with Crippen LogP contribution in [-0.4, -0.2) is 67.1 Å². The van der Waals surface area contributed by atoms with Crippen molar-refractivity contribution in [1.29, 1.82) is 0 Å². The monoisotopic (exact) mass is 620 g/mol. The molecule has 2 aromatic carbocycles. The van der Waals surface area contributed by atoms with Crippen molar-refractivity contribution in [2.45, 2.75) is 31.1 Å². The summed E-state index contributed by atoms with van der Waals surface area (Å²) in [5.41, 5.74) is 1.63. The molecule has 10 nitrogen and oxygen atoms in total. The normalized spacial score (nSPS) is 15.7. The molecule has 0 aliphatic carbocycles. The van der Waals surface area contributed by atoms with E-state index in [0.29, 0.717) is 35.3 Å². The lowest BCUT2D eigenvalue weighted by Gasteiger charge is -2.36. The van der Waals surface area contributed by atoms with E-state index in [9.17, 15) is 17.6 Å². The molecule has 0 bridgehead atoms. The maximum Gasteiger partial charge on any atom is 0.286 e. The van der Waals surface area contributed by atoms with Gasteiger partial charge in [-0.15, -0.1) is 0 Å². The Morgan fingerprint density at radius 2 is 1.82 bits per heavy atom. The number of halogens is 1. The van der Waals surface area contributed by atoms with E-state index in [1.807, 2.05) is 30.3 Å². The molecule has 4 heterocycles. The van der Waals surface area contributed by atoms with Gasteiger partial charge in [0.05, 0.1) is 30.7 Å². The first kappa shape index (κ1) is 29.9. The van der Waals surface area contributed by atoms with Gasteiger partial charge < -0.3 is 23.7 Å². The molecular weight excluding hydrogens is 587 g/mol. The zero-order chi connectivity index (χ0) is 30.8. The third-order valence-electron chi connectivity index (χ3n) is 7.73. The highest BCUT2D eigenvalue weighted by Crippen LogP contribution is 2.33. The fourth-order valence-electron chi connectivity index (χ4n) is 5.47. The first-order valence-corrected chi connectivity index (χ1v) is 16.0. The minimum atomic E-state index is -3.94. The van der Waals surface area contributed by atoms with Crippen LogP contribution in [0.5, 0.6) is 11.5 Å². The van der Waals surface area contributed by atoms with Gasteiger partial charge in [-0.25, -0.2) is 22.8 Å². The average molecular weight is 621 g/mol. The zero-order valence-corrected chi connectivity index (χ0v) is 25.3. The average Bonchev–Trinajstić information content (AvgIpc) is 3.46. The summed E-state index contributed by atoms with van der Waals surface area (Å²) in [5.74, 6) is 0.338. The predicted octanol–water partition coefficient (Wildman–Crippen LogP) is 4.01. The van der Waals surface area contributed by atoms with Crippen LogP contribution in [0.25, 0.3) is 11.3 Å². The van der Waals surface area contributed by atoms with Crippen LogP contribution < -0.4 is 15.0 Å². The summed E-state index contributed by atoms with van der Waals surface area (Å²) >= 11 is 0. The lowest BCUT2D eigenvalue weighted by Crippen LogP contribution is -2.46. The maximum atomic E-state index is 14.9. The largest absolute Gasteiger partial charge is 0.454 e.